The highest BCUT2D eigenvalue weighted by atomic mass is 79.9. The molecule has 2 rings (SSSR count). The van der Waals surface area contributed by atoms with E-state index in [0.29, 0.717) is 0 Å². The van der Waals surface area contributed by atoms with Crippen LogP contribution in [0.2, 0.25) is 0 Å². The summed E-state index contributed by atoms with van der Waals surface area (Å²) >= 11 is 3.38. The minimum atomic E-state index is 0.790. The van der Waals surface area contributed by atoms with Gasteiger partial charge in [-0.25, -0.2) is 0 Å². The zero-order valence-corrected chi connectivity index (χ0v) is 8.94. The smallest absolute Gasteiger partial charge is 0.0268 e. The van der Waals surface area contributed by atoms with E-state index in [9.17, 15) is 0 Å². The first-order chi connectivity index (χ1) is 5.77. The molecule has 0 amide bonds. The van der Waals surface area contributed by atoms with Crippen LogP contribution in [0.25, 0.3) is 0 Å². The van der Waals surface area contributed by atoms with Crippen LogP contribution in [-0.4, -0.2) is 12.6 Å². The molecule has 0 aromatic carbocycles. The van der Waals surface area contributed by atoms with Crippen molar-refractivity contribution >= 4 is 15.9 Å². The Bertz CT molecular complexity index is 190. The number of rotatable bonds is 3. The van der Waals surface area contributed by atoms with Gasteiger partial charge in [0.15, 0.2) is 0 Å². The summed E-state index contributed by atoms with van der Waals surface area (Å²) in [6.07, 6.45) is 5.76. The zero-order valence-electron chi connectivity index (χ0n) is 7.35. The van der Waals surface area contributed by atoms with Crippen LogP contribution in [0.1, 0.15) is 25.7 Å². The third kappa shape index (κ3) is 1.91. The summed E-state index contributed by atoms with van der Waals surface area (Å²) in [6, 6.07) is 0.790. The first-order valence-corrected chi connectivity index (χ1v) is 5.63. The summed E-state index contributed by atoms with van der Waals surface area (Å²) in [5, 5.41) is 3.57. The first-order valence-electron chi connectivity index (χ1n) is 4.84. The van der Waals surface area contributed by atoms with Crippen molar-refractivity contribution in [2.45, 2.75) is 31.7 Å². The Balaban J connectivity index is 1.76. The van der Waals surface area contributed by atoms with Gasteiger partial charge in [0.1, 0.15) is 0 Å². The average Bonchev–Trinajstić information content (AvgIpc) is 2.78. The standard InChI is InChI=1S/C10H16BrN/c1-7(11)6-12-10-4-2-3-8-5-9(8)10/h8-10,12H,1-6H2. The lowest BCUT2D eigenvalue weighted by molar-refractivity contribution is 0.364. The summed E-state index contributed by atoms with van der Waals surface area (Å²) in [4.78, 5) is 0. The minimum absolute atomic E-state index is 0.790. The molecule has 2 heteroatoms. The Kier molecular flexibility index (Phi) is 2.56. The van der Waals surface area contributed by atoms with Crippen molar-refractivity contribution in [2.75, 3.05) is 6.54 Å². The van der Waals surface area contributed by atoms with Gasteiger partial charge < -0.3 is 5.32 Å². The second-order valence-corrected chi connectivity index (χ2v) is 5.22. The van der Waals surface area contributed by atoms with Gasteiger partial charge in [0.25, 0.3) is 0 Å². The SMILES string of the molecule is C=C(Br)CNC1CCCC2CC21. The normalized spacial score (nSPS) is 38.9. The Morgan fingerprint density at radius 3 is 3.08 bits per heavy atom. The summed E-state index contributed by atoms with van der Waals surface area (Å²) in [7, 11) is 0. The maximum Gasteiger partial charge on any atom is 0.0268 e. The van der Waals surface area contributed by atoms with E-state index in [2.05, 4.69) is 27.8 Å². The fourth-order valence-corrected chi connectivity index (χ4v) is 2.57. The van der Waals surface area contributed by atoms with E-state index in [1.54, 1.807) is 0 Å². The molecule has 0 aromatic rings. The van der Waals surface area contributed by atoms with E-state index in [0.717, 1.165) is 28.9 Å². The van der Waals surface area contributed by atoms with Gasteiger partial charge in [-0.2, -0.15) is 0 Å². The van der Waals surface area contributed by atoms with Gasteiger partial charge in [-0.3, -0.25) is 0 Å². The predicted molar refractivity (Wildman–Crippen MR) is 55.3 cm³/mol. The van der Waals surface area contributed by atoms with E-state index in [-0.39, 0.29) is 0 Å². The van der Waals surface area contributed by atoms with Gasteiger partial charge in [0.2, 0.25) is 0 Å². The molecule has 68 valence electrons. The highest BCUT2D eigenvalue weighted by Gasteiger charge is 2.44. The molecule has 0 aromatic heterocycles. The Morgan fingerprint density at radius 1 is 1.50 bits per heavy atom. The maximum atomic E-state index is 3.83. The molecule has 0 heterocycles. The van der Waals surface area contributed by atoms with Crippen LogP contribution < -0.4 is 5.32 Å². The number of hydrogen-bond acceptors (Lipinski definition) is 1. The summed E-state index contributed by atoms with van der Waals surface area (Å²) in [5.41, 5.74) is 0. The molecule has 0 spiro atoms. The van der Waals surface area contributed by atoms with Crippen molar-refractivity contribution in [1.29, 1.82) is 0 Å². The van der Waals surface area contributed by atoms with Crippen molar-refractivity contribution in [3.8, 4) is 0 Å². The Morgan fingerprint density at radius 2 is 2.33 bits per heavy atom. The topological polar surface area (TPSA) is 12.0 Å². The van der Waals surface area contributed by atoms with E-state index >= 15 is 0 Å². The predicted octanol–water partition coefficient (Wildman–Crippen LogP) is 2.67. The molecule has 12 heavy (non-hydrogen) atoms. The fraction of sp³-hybridized carbons (Fsp3) is 0.800. The van der Waals surface area contributed by atoms with Crippen molar-refractivity contribution in [3.05, 3.63) is 11.1 Å². The second kappa shape index (κ2) is 3.51. The van der Waals surface area contributed by atoms with Crippen LogP contribution in [0, 0.1) is 11.8 Å². The van der Waals surface area contributed by atoms with Gasteiger partial charge in [0, 0.05) is 17.1 Å². The van der Waals surface area contributed by atoms with Crippen LogP contribution in [-0.2, 0) is 0 Å². The summed E-state index contributed by atoms with van der Waals surface area (Å²) in [6.45, 7) is 4.77. The van der Waals surface area contributed by atoms with E-state index in [1.165, 1.54) is 25.7 Å². The van der Waals surface area contributed by atoms with Crippen molar-refractivity contribution < 1.29 is 0 Å². The molecule has 0 bridgehead atoms. The molecule has 0 aliphatic heterocycles. The second-order valence-electron chi connectivity index (χ2n) is 4.10. The number of nitrogens with one attached hydrogen (secondary N) is 1. The molecule has 3 unspecified atom stereocenters. The van der Waals surface area contributed by atoms with Crippen molar-refractivity contribution in [2.24, 2.45) is 11.8 Å². The molecule has 2 aliphatic rings. The molecule has 1 N–H and O–H groups in total. The van der Waals surface area contributed by atoms with Crippen LogP contribution >= 0.6 is 15.9 Å². The van der Waals surface area contributed by atoms with Crippen LogP contribution in [0.3, 0.4) is 0 Å². The van der Waals surface area contributed by atoms with Crippen molar-refractivity contribution in [1.82, 2.24) is 5.32 Å². The van der Waals surface area contributed by atoms with Crippen LogP contribution in [0.4, 0.5) is 0 Å². The molecule has 0 saturated heterocycles. The summed E-state index contributed by atoms with van der Waals surface area (Å²) < 4.78 is 1.07. The highest BCUT2D eigenvalue weighted by molar-refractivity contribution is 9.11. The largest absolute Gasteiger partial charge is 0.309 e. The van der Waals surface area contributed by atoms with E-state index in [1.807, 2.05) is 0 Å². The molecular weight excluding hydrogens is 214 g/mol. The number of halogens is 1. The van der Waals surface area contributed by atoms with Crippen molar-refractivity contribution in [3.63, 3.8) is 0 Å². The molecule has 2 aliphatic carbocycles. The van der Waals surface area contributed by atoms with E-state index < -0.39 is 0 Å². The van der Waals surface area contributed by atoms with Gasteiger partial charge >= 0.3 is 0 Å². The van der Waals surface area contributed by atoms with Crippen LogP contribution in [0.15, 0.2) is 11.1 Å². The third-order valence-corrected chi connectivity index (χ3v) is 3.42. The quantitative estimate of drug-likeness (QED) is 0.785. The molecular formula is C10H16BrN. The Hall–Kier alpha value is 0.180. The van der Waals surface area contributed by atoms with Gasteiger partial charge in [0.05, 0.1) is 0 Å². The molecule has 1 nitrogen and oxygen atoms in total. The zero-order chi connectivity index (χ0) is 8.55. The molecule has 3 atom stereocenters. The third-order valence-electron chi connectivity index (χ3n) is 3.14. The summed E-state index contributed by atoms with van der Waals surface area (Å²) in [5.74, 6) is 2.07. The monoisotopic (exact) mass is 229 g/mol. The van der Waals surface area contributed by atoms with Gasteiger partial charge in [-0.15, -0.1) is 0 Å². The fourth-order valence-electron chi connectivity index (χ4n) is 2.41. The lowest BCUT2D eigenvalue weighted by Crippen LogP contribution is -2.34. The first kappa shape index (κ1) is 8.76. The lowest BCUT2D eigenvalue weighted by Gasteiger charge is -2.22. The molecule has 2 saturated carbocycles. The molecule has 0 radical (unpaired) electrons. The Labute approximate surface area is 82.7 Å². The van der Waals surface area contributed by atoms with Gasteiger partial charge in [-0.1, -0.05) is 35.4 Å². The van der Waals surface area contributed by atoms with Gasteiger partial charge in [-0.05, 0) is 24.7 Å². The average molecular weight is 230 g/mol. The molecule has 2 fully saturated rings. The minimum Gasteiger partial charge on any atom is -0.309 e. The van der Waals surface area contributed by atoms with E-state index in [4.69, 9.17) is 0 Å². The maximum absolute atomic E-state index is 3.83. The van der Waals surface area contributed by atoms with Crippen LogP contribution in [0.5, 0.6) is 0 Å². The lowest BCUT2D eigenvalue weighted by atomic mass is 9.95. The number of hydrogen-bond donors (Lipinski definition) is 1. The number of fused-ring (bicyclic) bond motifs is 1. The highest BCUT2D eigenvalue weighted by Crippen LogP contribution is 2.49.